The zero-order valence-corrected chi connectivity index (χ0v) is 10.2. The number of hydrogen-bond acceptors (Lipinski definition) is 4. The van der Waals surface area contributed by atoms with E-state index in [1.165, 1.54) is 17.7 Å². The summed E-state index contributed by atoms with van der Waals surface area (Å²) < 4.78 is 0. The lowest BCUT2D eigenvalue weighted by atomic mass is 10.4. The third-order valence-electron chi connectivity index (χ3n) is 2.51. The Kier molecular flexibility index (Phi) is 2.96. The van der Waals surface area contributed by atoms with Crippen LogP contribution in [-0.4, -0.2) is 16.0 Å². The second-order valence-electron chi connectivity index (χ2n) is 4.05. The van der Waals surface area contributed by atoms with Crippen molar-refractivity contribution < 1.29 is 0 Å². The van der Waals surface area contributed by atoms with Crippen molar-refractivity contribution in [2.45, 2.75) is 28.8 Å². The van der Waals surface area contributed by atoms with E-state index < -0.39 is 0 Å². The summed E-state index contributed by atoms with van der Waals surface area (Å²) in [5, 5.41) is 4.29. The smallest absolute Gasteiger partial charge is 0.223 e. The molecule has 3 rings (SSSR count). The first-order chi connectivity index (χ1) is 8.40. The molecule has 0 bridgehead atoms. The fourth-order valence-corrected chi connectivity index (χ4v) is 2.28. The molecule has 1 N–H and O–H groups in total. The molecular weight excluding hydrogens is 230 g/mol. The topological polar surface area (TPSA) is 37.8 Å². The van der Waals surface area contributed by atoms with Crippen LogP contribution in [0.4, 0.5) is 5.95 Å². The second kappa shape index (κ2) is 4.75. The van der Waals surface area contributed by atoms with Crippen molar-refractivity contribution in [2.75, 3.05) is 5.32 Å². The summed E-state index contributed by atoms with van der Waals surface area (Å²) in [6.45, 7) is 0. The van der Waals surface area contributed by atoms with Crippen molar-refractivity contribution >= 4 is 17.7 Å². The van der Waals surface area contributed by atoms with E-state index in [4.69, 9.17) is 0 Å². The summed E-state index contributed by atoms with van der Waals surface area (Å²) >= 11 is 1.66. The van der Waals surface area contributed by atoms with E-state index in [0.29, 0.717) is 6.04 Å². The number of nitrogens with one attached hydrogen (secondary N) is 1. The Morgan fingerprint density at radius 1 is 1.12 bits per heavy atom. The highest BCUT2D eigenvalue weighted by atomic mass is 32.2. The van der Waals surface area contributed by atoms with E-state index in [1.807, 2.05) is 30.5 Å². The molecule has 2 aromatic rings. The molecule has 0 aliphatic heterocycles. The van der Waals surface area contributed by atoms with Gasteiger partial charge in [-0.2, -0.15) is 0 Å². The van der Waals surface area contributed by atoms with E-state index in [-0.39, 0.29) is 0 Å². The van der Waals surface area contributed by atoms with E-state index in [1.54, 1.807) is 11.8 Å². The molecule has 17 heavy (non-hydrogen) atoms. The van der Waals surface area contributed by atoms with Gasteiger partial charge in [-0.1, -0.05) is 30.0 Å². The average Bonchev–Trinajstić information content (AvgIpc) is 3.15. The van der Waals surface area contributed by atoms with Crippen molar-refractivity contribution in [3.05, 3.63) is 42.6 Å². The molecule has 0 amide bonds. The SMILES string of the molecule is c1ccc(Sc2ccnc(NC3CC3)n2)cc1. The maximum absolute atomic E-state index is 4.49. The molecule has 0 saturated heterocycles. The predicted octanol–water partition coefficient (Wildman–Crippen LogP) is 3.20. The normalized spacial score (nSPS) is 14.6. The van der Waals surface area contributed by atoms with Crippen molar-refractivity contribution in [3.63, 3.8) is 0 Å². The molecule has 0 atom stereocenters. The van der Waals surface area contributed by atoms with Gasteiger partial charge < -0.3 is 5.32 Å². The summed E-state index contributed by atoms with van der Waals surface area (Å²) in [5.74, 6) is 0.744. The summed E-state index contributed by atoms with van der Waals surface area (Å²) in [5.41, 5.74) is 0. The van der Waals surface area contributed by atoms with Crippen LogP contribution in [0.2, 0.25) is 0 Å². The monoisotopic (exact) mass is 243 g/mol. The van der Waals surface area contributed by atoms with Gasteiger partial charge in [0, 0.05) is 17.1 Å². The van der Waals surface area contributed by atoms with Gasteiger partial charge in [-0.3, -0.25) is 0 Å². The van der Waals surface area contributed by atoms with Crippen LogP contribution in [0, 0.1) is 0 Å². The number of rotatable bonds is 4. The van der Waals surface area contributed by atoms with Gasteiger partial charge in [0.2, 0.25) is 5.95 Å². The molecule has 0 radical (unpaired) electrons. The Bertz CT molecular complexity index is 497. The van der Waals surface area contributed by atoms with Gasteiger partial charge in [-0.05, 0) is 31.0 Å². The number of hydrogen-bond donors (Lipinski definition) is 1. The summed E-state index contributed by atoms with van der Waals surface area (Å²) in [6, 6.07) is 12.8. The Morgan fingerprint density at radius 2 is 1.94 bits per heavy atom. The van der Waals surface area contributed by atoms with E-state index in [9.17, 15) is 0 Å². The van der Waals surface area contributed by atoms with Crippen molar-refractivity contribution in [1.82, 2.24) is 9.97 Å². The minimum Gasteiger partial charge on any atom is -0.351 e. The minimum absolute atomic E-state index is 0.590. The molecule has 1 aliphatic rings. The van der Waals surface area contributed by atoms with Crippen LogP contribution in [0.25, 0.3) is 0 Å². The van der Waals surface area contributed by atoms with Gasteiger partial charge in [-0.15, -0.1) is 0 Å². The van der Waals surface area contributed by atoms with Crippen molar-refractivity contribution in [1.29, 1.82) is 0 Å². The van der Waals surface area contributed by atoms with Crippen LogP contribution >= 0.6 is 11.8 Å². The highest BCUT2D eigenvalue weighted by molar-refractivity contribution is 7.99. The predicted molar refractivity (Wildman–Crippen MR) is 69.2 cm³/mol. The standard InChI is InChI=1S/C13H13N3S/c1-2-4-11(5-3-1)17-12-8-9-14-13(16-12)15-10-6-7-10/h1-5,8-10H,6-7H2,(H,14,15,16). The fraction of sp³-hybridized carbons (Fsp3) is 0.231. The molecule has 3 nitrogen and oxygen atoms in total. The van der Waals surface area contributed by atoms with Crippen molar-refractivity contribution in [2.24, 2.45) is 0 Å². The van der Waals surface area contributed by atoms with Gasteiger partial charge in [0.25, 0.3) is 0 Å². The molecule has 1 saturated carbocycles. The molecule has 0 spiro atoms. The van der Waals surface area contributed by atoms with E-state index >= 15 is 0 Å². The molecule has 1 fully saturated rings. The molecule has 86 valence electrons. The van der Waals surface area contributed by atoms with Crippen LogP contribution < -0.4 is 5.32 Å². The van der Waals surface area contributed by atoms with E-state index in [0.717, 1.165) is 11.0 Å². The molecule has 1 aromatic heterocycles. The quantitative estimate of drug-likeness (QED) is 0.837. The number of benzene rings is 1. The van der Waals surface area contributed by atoms with Crippen LogP contribution in [0.15, 0.2) is 52.5 Å². The molecule has 1 heterocycles. The zero-order chi connectivity index (χ0) is 11.5. The maximum atomic E-state index is 4.49. The Labute approximate surface area is 105 Å². The van der Waals surface area contributed by atoms with Crippen LogP contribution in [0.1, 0.15) is 12.8 Å². The summed E-state index contributed by atoms with van der Waals surface area (Å²) in [7, 11) is 0. The lowest BCUT2D eigenvalue weighted by Crippen LogP contribution is -2.05. The first-order valence-electron chi connectivity index (χ1n) is 5.73. The highest BCUT2D eigenvalue weighted by Crippen LogP contribution is 2.27. The minimum atomic E-state index is 0.590. The van der Waals surface area contributed by atoms with Crippen molar-refractivity contribution in [3.8, 4) is 0 Å². The van der Waals surface area contributed by atoms with Crippen LogP contribution in [0.3, 0.4) is 0 Å². The average molecular weight is 243 g/mol. The first kappa shape index (κ1) is 10.6. The van der Waals surface area contributed by atoms with Gasteiger partial charge in [0.1, 0.15) is 5.03 Å². The Hall–Kier alpha value is -1.55. The number of aromatic nitrogens is 2. The van der Waals surface area contributed by atoms with Gasteiger partial charge in [0.05, 0.1) is 0 Å². The zero-order valence-electron chi connectivity index (χ0n) is 9.34. The summed E-state index contributed by atoms with van der Waals surface area (Å²) in [4.78, 5) is 9.91. The Balaban J connectivity index is 1.73. The van der Waals surface area contributed by atoms with Gasteiger partial charge >= 0.3 is 0 Å². The van der Waals surface area contributed by atoms with Crippen LogP contribution in [0.5, 0.6) is 0 Å². The van der Waals surface area contributed by atoms with Gasteiger partial charge in [0.15, 0.2) is 0 Å². The highest BCUT2D eigenvalue weighted by Gasteiger charge is 2.21. The lowest BCUT2D eigenvalue weighted by molar-refractivity contribution is 0.996. The number of nitrogens with zero attached hydrogens (tertiary/aromatic N) is 2. The Morgan fingerprint density at radius 3 is 2.71 bits per heavy atom. The maximum Gasteiger partial charge on any atom is 0.223 e. The van der Waals surface area contributed by atoms with E-state index in [2.05, 4.69) is 27.4 Å². The van der Waals surface area contributed by atoms with Crippen LogP contribution in [-0.2, 0) is 0 Å². The fourth-order valence-electron chi connectivity index (χ4n) is 1.49. The van der Waals surface area contributed by atoms with Gasteiger partial charge in [-0.25, -0.2) is 9.97 Å². The molecule has 1 aromatic carbocycles. The second-order valence-corrected chi connectivity index (χ2v) is 5.15. The number of anilines is 1. The molecular formula is C13H13N3S. The lowest BCUT2D eigenvalue weighted by Gasteiger charge is -2.04. The summed E-state index contributed by atoms with van der Waals surface area (Å²) in [6.07, 6.45) is 4.28. The molecule has 4 heteroatoms. The molecule has 1 aliphatic carbocycles. The largest absolute Gasteiger partial charge is 0.351 e. The first-order valence-corrected chi connectivity index (χ1v) is 6.54. The third-order valence-corrected chi connectivity index (χ3v) is 3.45. The molecule has 0 unspecified atom stereocenters. The third kappa shape index (κ3) is 2.97.